The summed E-state index contributed by atoms with van der Waals surface area (Å²) < 4.78 is 0. The van der Waals surface area contributed by atoms with E-state index in [1.807, 2.05) is 48.5 Å². The second-order valence-corrected chi connectivity index (χ2v) is 5.46. The highest BCUT2D eigenvalue weighted by Crippen LogP contribution is 2.18. The standard InChI is InChI=1S/C20H18N2O2/c23-19(14-22-20(24)16-8-2-1-3-9-16)21-13-17-11-6-10-15-7-4-5-12-18(15)17/h1-12H,13-14H2,(H,21,23)(H,22,24). The van der Waals surface area contributed by atoms with Crippen molar-refractivity contribution in [1.82, 2.24) is 10.6 Å². The minimum atomic E-state index is -0.254. The Morgan fingerprint density at radius 3 is 2.29 bits per heavy atom. The Kier molecular flexibility index (Phi) is 4.87. The SMILES string of the molecule is O=C(CNC(=O)c1ccccc1)NCc1cccc2ccccc12. The Labute approximate surface area is 140 Å². The molecule has 0 unspecified atom stereocenters. The van der Waals surface area contributed by atoms with Crippen LogP contribution in [0.1, 0.15) is 15.9 Å². The smallest absolute Gasteiger partial charge is 0.251 e. The van der Waals surface area contributed by atoms with Crippen LogP contribution in [0.3, 0.4) is 0 Å². The van der Waals surface area contributed by atoms with Crippen LogP contribution in [0.4, 0.5) is 0 Å². The molecule has 0 fully saturated rings. The molecule has 0 saturated heterocycles. The summed E-state index contributed by atoms with van der Waals surface area (Å²) >= 11 is 0. The van der Waals surface area contributed by atoms with E-state index in [4.69, 9.17) is 0 Å². The third kappa shape index (κ3) is 3.79. The molecule has 0 heterocycles. The van der Waals surface area contributed by atoms with Crippen molar-refractivity contribution >= 4 is 22.6 Å². The molecule has 0 aliphatic carbocycles. The fourth-order valence-electron chi connectivity index (χ4n) is 2.56. The zero-order chi connectivity index (χ0) is 16.8. The largest absolute Gasteiger partial charge is 0.350 e. The number of amides is 2. The minimum Gasteiger partial charge on any atom is -0.350 e. The van der Waals surface area contributed by atoms with Gasteiger partial charge in [0.25, 0.3) is 5.91 Å². The van der Waals surface area contributed by atoms with E-state index < -0.39 is 0 Å². The molecular weight excluding hydrogens is 300 g/mol. The molecule has 24 heavy (non-hydrogen) atoms. The van der Waals surface area contributed by atoms with Crippen LogP contribution in [-0.2, 0) is 11.3 Å². The van der Waals surface area contributed by atoms with Crippen molar-refractivity contribution in [2.24, 2.45) is 0 Å². The molecule has 0 aliphatic rings. The van der Waals surface area contributed by atoms with Gasteiger partial charge in [-0.25, -0.2) is 0 Å². The average molecular weight is 318 g/mol. The molecule has 0 radical (unpaired) electrons. The fraction of sp³-hybridized carbons (Fsp3) is 0.100. The minimum absolute atomic E-state index is 0.0432. The second-order valence-electron chi connectivity index (χ2n) is 5.46. The number of carbonyl (C=O) groups is 2. The van der Waals surface area contributed by atoms with Gasteiger partial charge in [-0.2, -0.15) is 0 Å². The molecule has 4 nitrogen and oxygen atoms in total. The molecule has 0 spiro atoms. The Balaban J connectivity index is 1.55. The van der Waals surface area contributed by atoms with Gasteiger partial charge in [-0.1, -0.05) is 60.7 Å². The van der Waals surface area contributed by atoms with E-state index in [2.05, 4.69) is 10.6 Å². The number of carbonyl (C=O) groups excluding carboxylic acids is 2. The average Bonchev–Trinajstić information content (AvgIpc) is 2.65. The highest BCUT2D eigenvalue weighted by molar-refractivity contribution is 5.96. The van der Waals surface area contributed by atoms with Crippen LogP contribution in [0.15, 0.2) is 72.8 Å². The Hall–Kier alpha value is -3.14. The van der Waals surface area contributed by atoms with Gasteiger partial charge in [0.2, 0.25) is 5.91 Å². The van der Waals surface area contributed by atoms with Crippen molar-refractivity contribution in [3.05, 3.63) is 83.9 Å². The van der Waals surface area contributed by atoms with E-state index in [1.54, 1.807) is 24.3 Å². The van der Waals surface area contributed by atoms with Gasteiger partial charge in [-0.15, -0.1) is 0 Å². The van der Waals surface area contributed by atoms with Gasteiger partial charge in [-0.05, 0) is 28.5 Å². The molecule has 3 aromatic rings. The lowest BCUT2D eigenvalue weighted by atomic mass is 10.0. The van der Waals surface area contributed by atoms with E-state index in [0.717, 1.165) is 16.3 Å². The maximum absolute atomic E-state index is 12.0. The first-order chi connectivity index (χ1) is 11.7. The molecule has 2 N–H and O–H groups in total. The molecule has 2 amide bonds. The van der Waals surface area contributed by atoms with Crippen LogP contribution in [0.2, 0.25) is 0 Å². The third-order valence-corrected chi connectivity index (χ3v) is 3.80. The van der Waals surface area contributed by atoms with E-state index >= 15 is 0 Å². The maximum atomic E-state index is 12.0. The Morgan fingerprint density at radius 1 is 0.750 bits per heavy atom. The predicted octanol–water partition coefficient (Wildman–Crippen LogP) is 2.89. The van der Waals surface area contributed by atoms with Gasteiger partial charge in [-0.3, -0.25) is 9.59 Å². The van der Waals surface area contributed by atoms with Crippen LogP contribution in [-0.4, -0.2) is 18.4 Å². The van der Waals surface area contributed by atoms with E-state index in [9.17, 15) is 9.59 Å². The van der Waals surface area contributed by atoms with Gasteiger partial charge >= 0.3 is 0 Å². The first kappa shape index (κ1) is 15.7. The lowest BCUT2D eigenvalue weighted by Gasteiger charge is -2.09. The molecule has 0 atom stereocenters. The molecular formula is C20H18N2O2. The predicted molar refractivity (Wildman–Crippen MR) is 94.6 cm³/mol. The zero-order valence-electron chi connectivity index (χ0n) is 13.2. The summed E-state index contributed by atoms with van der Waals surface area (Å²) in [7, 11) is 0. The number of hydrogen-bond acceptors (Lipinski definition) is 2. The van der Waals surface area contributed by atoms with Gasteiger partial charge in [0.15, 0.2) is 0 Å². The Morgan fingerprint density at radius 2 is 1.46 bits per heavy atom. The van der Waals surface area contributed by atoms with Crippen LogP contribution >= 0.6 is 0 Å². The molecule has 0 aromatic heterocycles. The van der Waals surface area contributed by atoms with Crippen LogP contribution in [0.5, 0.6) is 0 Å². The molecule has 3 aromatic carbocycles. The molecule has 0 aliphatic heterocycles. The monoisotopic (exact) mass is 318 g/mol. The van der Waals surface area contributed by atoms with Crippen LogP contribution < -0.4 is 10.6 Å². The van der Waals surface area contributed by atoms with Crippen molar-refractivity contribution in [2.45, 2.75) is 6.54 Å². The van der Waals surface area contributed by atoms with E-state index in [-0.39, 0.29) is 18.4 Å². The highest BCUT2D eigenvalue weighted by Gasteiger charge is 2.08. The van der Waals surface area contributed by atoms with Crippen LogP contribution in [0, 0.1) is 0 Å². The summed E-state index contributed by atoms with van der Waals surface area (Å²) in [6, 6.07) is 22.9. The van der Waals surface area contributed by atoms with Crippen LogP contribution in [0.25, 0.3) is 10.8 Å². The summed E-state index contributed by atoms with van der Waals surface area (Å²) in [5, 5.41) is 7.72. The maximum Gasteiger partial charge on any atom is 0.251 e. The summed E-state index contributed by atoms with van der Waals surface area (Å²) in [6.45, 7) is 0.389. The van der Waals surface area contributed by atoms with E-state index in [0.29, 0.717) is 12.1 Å². The van der Waals surface area contributed by atoms with Crippen molar-refractivity contribution in [3.8, 4) is 0 Å². The van der Waals surface area contributed by atoms with Gasteiger partial charge in [0.1, 0.15) is 0 Å². The fourth-order valence-corrected chi connectivity index (χ4v) is 2.56. The van der Waals surface area contributed by atoms with Crippen molar-refractivity contribution in [2.75, 3.05) is 6.54 Å². The van der Waals surface area contributed by atoms with Gasteiger partial charge < -0.3 is 10.6 Å². The summed E-state index contributed by atoms with van der Waals surface area (Å²) in [5.74, 6) is -0.469. The van der Waals surface area contributed by atoms with Gasteiger partial charge in [0.05, 0.1) is 6.54 Å². The lowest BCUT2D eigenvalue weighted by molar-refractivity contribution is -0.120. The molecule has 0 saturated carbocycles. The molecule has 4 heteroatoms. The first-order valence-corrected chi connectivity index (χ1v) is 7.80. The van der Waals surface area contributed by atoms with Crippen molar-refractivity contribution in [1.29, 1.82) is 0 Å². The van der Waals surface area contributed by atoms with Crippen molar-refractivity contribution in [3.63, 3.8) is 0 Å². The lowest BCUT2D eigenvalue weighted by Crippen LogP contribution is -2.36. The normalized spacial score (nSPS) is 10.3. The summed E-state index contributed by atoms with van der Waals surface area (Å²) in [6.07, 6.45) is 0. The molecule has 3 rings (SSSR count). The van der Waals surface area contributed by atoms with E-state index in [1.165, 1.54) is 0 Å². The molecule has 120 valence electrons. The number of nitrogens with one attached hydrogen (secondary N) is 2. The summed E-state index contributed by atoms with van der Waals surface area (Å²) in [4.78, 5) is 23.9. The highest BCUT2D eigenvalue weighted by atomic mass is 16.2. The van der Waals surface area contributed by atoms with Gasteiger partial charge in [0, 0.05) is 12.1 Å². The zero-order valence-corrected chi connectivity index (χ0v) is 13.2. The molecule has 0 bridgehead atoms. The number of rotatable bonds is 5. The number of fused-ring (bicyclic) bond motifs is 1. The second kappa shape index (κ2) is 7.42. The number of hydrogen-bond donors (Lipinski definition) is 2. The third-order valence-electron chi connectivity index (χ3n) is 3.80. The topological polar surface area (TPSA) is 58.2 Å². The Bertz CT molecular complexity index is 854. The first-order valence-electron chi connectivity index (χ1n) is 7.80. The number of benzene rings is 3. The summed E-state index contributed by atoms with van der Waals surface area (Å²) in [5.41, 5.74) is 1.59. The van der Waals surface area contributed by atoms with Crippen molar-refractivity contribution < 1.29 is 9.59 Å². The quantitative estimate of drug-likeness (QED) is 0.760.